The van der Waals surface area contributed by atoms with E-state index in [2.05, 4.69) is 4.98 Å². The molecule has 20 nitrogen and oxygen atoms in total. The Labute approximate surface area is 348 Å². The summed E-state index contributed by atoms with van der Waals surface area (Å²) in [7, 11) is 0. The van der Waals surface area contributed by atoms with Crippen molar-refractivity contribution >= 4 is 47.8 Å². The Bertz CT molecular complexity index is 2100. The topological polar surface area (TPSA) is 266 Å². The third-order valence-corrected chi connectivity index (χ3v) is 11.8. The van der Waals surface area contributed by atoms with Crippen molar-refractivity contribution in [2.45, 2.75) is 122 Å². The number of ether oxygens (including phenoxy) is 9. The number of carbonyl (C=O) groups excluding carboxylic acids is 8. The van der Waals surface area contributed by atoms with E-state index in [-0.39, 0.29) is 29.7 Å². The van der Waals surface area contributed by atoms with Crippen LogP contribution in [0.2, 0.25) is 0 Å². The van der Waals surface area contributed by atoms with Crippen LogP contribution in [0.4, 0.5) is 0 Å². The van der Waals surface area contributed by atoms with Gasteiger partial charge in [-0.2, -0.15) is 0 Å². The SMILES string of the molecule is CC(=O)OC[C@]12[C@H](OC(C)=O)[C@H](OC(=O)c3ccoc3)[C@H]3OC(=O)[C@H](C)CCc4ncccc4C(=O)OC[C@@]4(C)O[C@]1([C@@H](OC(C)=O)C4[C@H](OC(C)=O)[C@@H]2OC(C)=O)[C@]3(C)O. The van der Waals surface area contributed by atoms with Crippen LogP contribution in [0.1, 0.15) is 88.2 Å². The average molecular weight is 858 g/mol. The van der Waals surface area contributed by atoms with Crippen molar-refractivity contribution in [2.75, 3.05) is 13.2 Å². The van der Waals surface area contributed by atoms with Gasteiger partial charge in [-0.3, -0.25) is 33.8 Å². The second-order valence-corrected chi connectivity index (χ2v) is 16.1. The molecule has 4 bridgehead atoms. The van der Waals surface area contributed by atoms with Gasteiger partial charge in [0.25, 0.3) is 0 Å². The summed E-state index contributed by atoms with van der Waals surface area (Å²) in [4.78, 5) is 113. The third-order valence-electron chi connectivity index (χ3n) is 11.8. The van der Waals surface area contributed by atoms with Crippen molar-refractivity contribution < 1.29 is 90.5 Å². The van der Waals surface area contributed by atoms with Gasteiger partial charge in [-0.05, 0) is 44.9 Å². The maximum absolute atomic E-state index is 14.3. The van der Waals surface area contributed by atoms with Crippen LogP contribution < -0.4 is 0 Å². The predicted octanol–water partition coefficient (Wildman–Crippen LogP) is 1.75. The number of esters is 8. The number of rotatable bonds is 8. The zero-order valence-corrected chi connectivity index (χ0v) is 34.7. The number of nitrogens with zero attached hydrogens (tertiary/aromatic N) is 1. The standard InChI is InChI=1S/C41H47NO19/c1-19-11-12-27-26(10-9-14-42-27)37(50)54-17-38(7)28-29(55-21(3)44)33(57-23(5)46)40(18-53-20(2)43)34(58-24(6)47)30(59-36(49)25-13-15-52-16-25)32(60-35(19)48)39(8,51)41(40,61-38)31(28)56-22(4)45/h9-10,13-16,19,28-34,51H,11-12,17-18H2,1-8H3/t19-,28?,29+,30-,31+,32-,33+,34-,38-,39-,40+,41-/m1/s1. The lowest BCUT2D eigenvalue weighted by atomic mass is 9.45. The summed E-state index contributed by atoms with van der Waals surface area (Å²) >= 11 is 0. The minimum atomic E-state index is -2.87. The molecule has 1 spiro atoms. The van der Waals surface area contributed by atoms with Crippen molar-refractivity contribution in [1.29, 1.82) is 0 Å². The highest BCUT2D eigenvalue weighted by molar-refractivity contribution is 5.91. The van der Waals surface area contributed by atoms with E-state index in [4.69, 9.17) is 47.0 Å². The zero-order chi connectivity index (χ0) is 44.8. The number of carbonyl (C=O) groups is 8. The largest absolute Gasteiger partial charge is 0.472 e. The number of pyridine rings is 1. The molecule has 0 radical (unpaired) electrons. The molecule has 2 aliphatic carbocycles. The molecule has 3 fully saturated rings. The highest BCUT2D eigenvalue weighted by atomic mass is 16.7. The van der Waals surface area contributed by atoms with Gasteiger partial charge >= 0.3 is 47.8 Å². The second kappa shape index (κ2) is 16.5. The van der Waals surface area contributed by atoms with Gasteiger partial charge in [-0.15, -0.1) is 0 Å². The molecule has 330 valence electrons. The van der Waals surface area contributed by atoms with Gasteiger partial charge in [0.2, 0.25) is 0 Å². The molecule has 2 saturated carbocycles. The third kappa shape index (κ3) is 7.59. The molecular formula is C41H47NO19. The molecule has 2 aromatic rings. The summed E-state index contributed by atoms with van der Waals surface area (Å²) < 4.78 is 60.1. The highest BCUT2D eigenvalue weighted by Crippen LogP contribution is 2.70. The number of aromatic nitrogens is 1. The number of hydrogen-bond donors (Lipinski definition) is 1. The first-order chi connectivity index (χ1) is 28.6. The number of hydrogen-bond acceptors (Lipinski definition) is 20. The summed E-state index contributed by atoms with van der Waals surface area (Å²) in [6.07, 6.45) is -8.59. The smallest absolute Gasteiger partial charge is 0.341 e. The van der Waals surface area contributed by atoms with E-state index >= 15 is 0 Å². The summed E-state index contributed by atoms with van der Waals surface area (Å²) in [6, 6.07) is 4.17. The molecule has 0 aromatic carbocycles. The molecule has 1 unspecified atom stereocenters. The highest BCUT2D eigenvalue weighted by Gasteiger charge is 2.92. The van der Waals surface area contributed by atoms with Crippen LogP contribution >= 0.6 is 0 Å². The van der Waals surface area contributed by atoms with Gasteiger partial charge in [0.15, 0.2) is 30.0 Å². The van der Waals surface area contributed by atoms with Crippen LogP contribution in [-0.4, -0.2) is 124 Å². The van der Waals surface area contributed by atoms with Gasteiger partial charge in [0.1, 0.15) is 48.3 Å². The first kappa shape index (κ1) is 44.7. The molecule has 1 saturated heterocycles. The van der Waals surface area contributed by atoms with E-state index in [0.29, 0.717) is 0 Å². The molecule has 2 aromatic heterocycles. The maximum Gasteiger partial charge on any atom is 0.341 e. The fourth-order valence-electron chi connectivity index (χ4n) is 9.54. The van der Waals surface area contributed by atoms with Crippen LogP contribution in [-0.2, 0) is 77.8 Å². The van der Waals surface area contributed by atoms with Gasteiger partial charge in [-0.25, -0.2) is 9.59 Å². The maximum atomic E-state index is 14.3. The summed E-state index contributed by atoms with van der Waals surface area (Å²) in [5, 5.41) is 13.6. The number of furan rings is 1. The fraction of sp³-hybridized carbons (Fsp3) is 0.585. The molecule has 61 heavy (non-hydrogen) atoms. The molecule has 1 N–H and O–H groups in total. The molecule has 2 aliphatic heterocycles. The van der Waals surface area contributed by atoms with Crippen LogP contribution in [0.5, 0.6) is 0 Å². The summed E-state index contributed by atoms with van der Waals surface area (Å²) in [6.45, 7) is 7.05. The lowest BCUT2D eigenvalue weighted by Gasteiger charge is -2.67. The fourth-order valence-corrected chi connectivity index (χ4v) is 9.54. The van der Waals surface area contributed by atoms with Gasteiger partial charge in [-0.1, -0.05) is 6.92 Å². The van der Waals surface area contributed by atoms with Crippen molar-refractivity contribution in [1.82, 2.24) is 4.98 Å². The van der Waals surface area contributed by atoms with Gasteiger partial charge in [0, 0.05) is 40.8 Å². The Balaban J connectivity index is 1.77. The number of cyclic esters (lactones) is 1. The van der Waals surface area contributed by atoms with Crippen LogP contribution in [0, 0.1) is 17.3 Å². The Morgan fingerprint density at radius 3 is 2.05 bits per heavy atom. The van der Waals surface area contributed by atoms with Crippen LogP contribution in [0.25, 0.3) is 0 Å². The Kier molecular flexibility index (Phi) is 12.1. The Hall–Kier alpha value is -5.89. The molecule has 0 amide bonds. The van der Waals surface area contributed by atoms with Crippen molar-refractivity contribution in [3.05, 3.63) is 53.7 Å². The lowest BCUT2D eigenvalue weighted by molar-refractivity contribution is -0.386. The van der Waals surface area contributed by atoms with Crippen molar-refractivity contribution in [2.24, 2.45) is 17.3 Å². The molecule has 6 rings (SSSR count). The second-order valence-electron chi connectivity index (χ2n) is 16.1. The number of aryl methyl sites for hydroxylation is 1. The van der Waals surface area contributed by atoms with E-state index in [1.165, 1.54) is 38.2 Å². The number of aliphatic hydroxyl groups is 1. The minimum absolute atomic E-state index is 0.0163. The monoisotopic (exact) mass is 857 g/mol. The van der Waals surface area contributed by atoms with Crippen molar-refractivity contribution in [3.8, 4) is 0 Å². The Morgan fingerprint density at radius 1 is 0.836 bits per heavy atom. The van der Waals surface area contributed by atoms with Crippen molar-refractivity contribution in [3.63, 3.8) is 0 Å². The van der Waals surface area contributed by atoms with Gasteiger partial charge < -0.3 is 52.2 Å². The molecule has 20 heteroatoms. The quantitative estimate of drug-likeness (QED) is 0.293. The predicted molar refractivity (Wildman–Crippen MR) is 197 cm³/mol. The van der Waals surface area contributed by atoms with Crippen LogP contribution in [0.3, 0.4) is 0 Å². The van der Waals surface area contributed by atoms with Gasteiger partial charge in [0.05, 0.1) is 34.9 Å². The van der Waals surface area contributed by atoms with E-state index in [9.17, 15) is 43.5 Å². The van der Waals surface area contributed by atoms with E-state index in [0.717, 1.165) is 54.1 Å². The molecule has 4 aliphatic rings. The average Bonchev–Trinajstić information content (AvgIpc) is 3.79. The van der Waals surface area contributed by atoms with E-state index in [1.54, 1.807) is 0 Å². The normalized spacial score (nSPS) is 35.4. The molecule has 12 atom stereocenters. The van der Waals surface area contributed by atoms with Crippen LogP contribution in [0.15, 0.2) is 41.3 Å². The first-order valence-corrected chi connectivity index (χ1v) is 19.4. The zero-order valence-electron chi connectivity index (χ0n) is 34.7. The minimum Gasteiger partial charge on any atom is -0.472 e. The Morgan fingerprint density at radius 2 is 1.46 bits per heavy atom. The number of fused-ring (bicyclic) bond motifs is 5. The lowest BCUT2D eigenvalue weighted by Crippen LogP contribution is -2.89. The van der Waals surface area contributed by atoms with E-state index < -0.39 is 132 Å². The van der Waals surface area contributed by atoms with E-state index in [1.807, 2.05) is 0 Å². The summed E-state index contributed by atoms with van der Waals surface area (Å²) in [5.41, 5.74) is -10.3. The molecule has 4 heterocycles. The summed E-state index contributed by atoms with van der Waals surface area (Å²) in [5.74, 6) is -10.8. The molecular weight excluding hydrogens is 810 g/mol. The first-order valence-electron chi connectivity index (χ1n) is 19.4.